The number of nitrogens with one attached hydrogen (secondary N) is 1. The molecular weight excluding hydrogens is 270 g/mol. The SMILES string of the molecule is ClC(CNCc1cn2ccccc2n1)c1ccccc1. The summed E-state index contributed by atoms with van der Waals surface area (Å²) in [4.78, 5) is 4.54. The number of halogens is 1. The third kappa shape index (κ3) is 3.00. The monoisotopic (exact) mass is 285 g/mol. The summed E-state index contributed by atoms with van der Waals surface area (Å²) in [6, 6.07) is 16.1. The van der Waals surface area contributed by atoms with Crippen molar-refractivity contribution in [3.05, 3.63) is 72.2 Å². The summed E-state index contributed by atoms with van der Waals surface area (Å²) in [5.74, 6) is 0. The number of imidazole rings is 1. The molecule has 1 atom stereocenters. The van der Waals surface area contributed by atoms with Crippen LogP contribution in [0.15, 0.2) is 60.9 Å². The van der Waals surface area contributed by atoms with Gasteiger partial charge in [-0.1, -0.05) is 36.4 Å². The predicted octanol–water partition coefficient (Wildman–Crippen LogP) is 3.40. The van der Waals surface area contributed by atoms with Crippen LogP contribution in [0.3, 0.4) is 0 Å². The lowest BCUT2D eigenvalue weighted by atomic mass is 10.1. The fraction of sp³-hybridized carbons (Fsp3) is 0.188. The third-order valence-electron chi connectivity index (χ3n) is 3.20. The van der Waals surface area contributed by atoms with Crippen molar-refractivity contribution in [3.63, 3.8) is 0 Å². The van der Waals surface area contributed by atoms with Crippen LogP contribution in [0.1, 0.15) is 16.6 Å². The number of benzene rings is 1. The molecule has 0 fully saturated rings. The minimum atomic E-state index is -0.0202. The molecule has 20 heavy (non-hydrogen) atoms. The molecule has 0 saturated heterocycles. The summed E-state index contributed by atoms with van der Waals surface area (Å²) >= 11 is 6.36. The summed E-state index contributed by atoms with van der Waals surface area (Å²) in [7, 11) is 0. The lowest BCUT2D eigenvalue weighted by Crippen LogP contribution is -2.18. The Bertz CT molecular complexity index is 645. The summed E-state index contributed by atoms with van der Waals surface area (Å²) in [5.41, 5.74) is 3.12. The first-order chi connectivity index (χ1) is 9.83. The molecule has 0 aliphatic heterocycles. The lowest BCUT2D eigenvalue weighted by Gasteiger charge is -2.10. The molecule has 1 N–H and O–H groups in total. The predicted molar refractivity (Wildman–Crippen MR) is 81.9 cm³/mol. The number of fused-ring (bicyclic) bond motifs is 1. The molecule has 0 aliphatic rings. The minimum absolute atomic E-state index is 0.0202. The van der Waals surface area contributed by atoms with Crippen LogP contribution in [0.2, 0.25) is 0 Å². The average Bonchev–Trinajstić information content (AvgIpc) is 2.90. The molecular formula is C16H16ClN3. The van der Waals surface area contributed by atoms with Crippen LogP contribution in [0, 0.1) is 0 Å². The first-order valence-electron chi connectivity index (χ1n) is 6.65. The van der Waals surface area contributed by atoms with E-state index in [1.165, 1.54) is 0 Å². The second-order valence-electron chi connectivity index (χ2n) is 4.71. The number of aromatic nitrogens is 2. The zero-order valence-electron chi connectivity index (χ0n) is 11.0. The van der Waals surface area contributed by atoms with E-state index >= 15 is 0 Å². The van der Waals surface area contributed by atoms with Gasteiger partial charge >= 0.3 is 0 Å². The van der Waals surface area contributed by atoms with Crippen molar-refractivity contribution in [2.24, 2.45) is 0 Å². The highest BCUT2D eigenvalue weighted by molar-refractivity contribution is 6.21. The Morgan fingerprint density at radius 2 is 1.90 bits per heavy atom. The third-order valence-corrected chi connectivity index (χ3v) is 3.61. The molecule has 2 aromatic heterocycles. The van der Waals surface area contributed by atoms with Crippen molar-refractivity contribution in [2.45, 2.75) is 11.9 Å². The van der Waals surface area contributed by atoms with Crippen molar-refractivity contribution < 1.29 is 0 Å². The Labute approximate surface area is 123 Å². The van der Waals surface area contributed by atoms with Crippen LogP contribution < -0.4 is 5.32 Å². The smallest absolute Gasteiger partial charge is 0.137 e. The highest BCUT2D eigenvalue weighted by Crippen LogP contribution is 2.18. The Balaban J connectivity index is 1.57. The standard InChI is InChI=1S/C16H16ClN3/c17-15(13-6-2-1-3-7-13)11-18-10-14-12-20-9-5-4-8-16(20)19-14/h1-9,12,15,18H,10-11H2. The van der Waals surface area contributed by atoms with E-state index < -0.39 is 0 Å². The molecule has 3 nitrogen and oxygen atoms in total. The molecule has 0 radical (unpaired) electrons. The minimum Gasteiger partial charge on any atom is -0.309 e. The van der Waals surface area contributed by atoms with Crippen molar-refractivity contribution in [1.82, 2.24) is 14.7 Å². The summed E-state index contributed by atoms with van der Waals surface area (Å²) < 4.78 is 2.02. The van der Waals surface area contributed by atoms with Crippen LogP contribution in [-0.4, -0.2) is 15.9 Å². The van der Waals surface area contributed by atoms with Crippen molar-refractivity contribution in [2.75, 3.05) is 6.54 Å². The number of rotatable bonds is 5. The maximum atomic E-state index is 6.36. The molecule has 0 bridgehead atoms. The summed E-state index contributed by atoms with van der Waals surface area (Å²) in [6.45, 7) is 1.44. The van der Waals surface area contributed by atoms with E-state index in [0.29, 0.717) is 0 Å². The molecule has 0 saturated carbocycles. The Kier molecular flexibility index (Phi) is 4.00. The first-order valence-corrected chi connectivity index (χ1v) is 7.09. The molecule has 0 amide bonds. The van der Waals surface area contributed by atoms with Gasteiger partial charge in [0.05, 0.1) is 11.1 Å². The second kappa shape index (κ2) is 6.07. The van der Waals surface area contributed by atoms with E-state index in [2.05, 4.69) is 10.3 Å². The largest absolute Gasteiger partial charge is 0.309 e. The van der Waals surface area contributed by atoms with E-state index in [0.717, 1.165) is 30.0 Å². The molecule has 0 spiro atoms. The van der Waals surface area contributed by atoms with Crippen molar-refractivity contribution >= 4 is 17.2 Å². The Morgan fingerprint density at radius 1 is 1.10 bits per heavy atom. The van der Waals surface area contributed by atoms with Gasteiger partial charge in [0.15, 0.2) is 0 Å². The molecule has 2 heterocycles. The number of hydrogen-bond acceptors (Lipinski definition) is 2. The van der Waals surface area contributed by atoms with Crippen LogP contribution >= 0.6 is 11.6 Å². The second-order valence-corrected chi connectivity index (χ2v) is 5.23. The van der Waals surface area contributed by atoms with Crippen LogP contribution in [0.25, 0.3) is 5.65 Å². The lowest BCUT2D eigenvalue weighted by molar-refractivity contribution is 0.666. The highest BCUT2D eigenvalue weighted by Gasteiger charge is 2.07. The molecule has 3 rings (SSSR count). The van der Waals surface area contributed by atoms with E-state index in [-0.39, 0.29) is 5.38 Å². The van der Waals surface area contributed by atoms with Gasteiger partial charge in [0, 0.05) is 25.5 Å². The van der Waals surface area contributed by atoms with E-state index in [1.54, 1.807) is 0 Å². The molecule has 3 aromatic rings. The maximum absolute atomic E-state index is 6.36. The number of hydrogen-bond donors (Lipinski definition) is 1. The number of pyridine rings is 1. The maximum Gasteiger partial charge on any atom is 0.137 e. The number of nitrogens with zero attached hydrogens (tertiary/aromatic N) is 2. The van der Waals surface area contributed by atoms with Gasteiger partial charge in [0.25, 0.3) is 0 Å². The van der Waals surface area contributed by atoms with Crippen LogP contribution in [0.4, 0.5) is 0 Å². The van der Waals surface area contributed by atoms with Gasteiger partial charge in [-0.2, -0.15) is 0 Å². The van der Waals surface area contributed by atoms with E-state index in [4.69, 9.17) is 11.6 Å². The fourth-order valence-electron chi connectivity index (χ4n) is 2.18. The van der Waals surface area contributed by atoms with Gasteiger partial charge in [-0.3, -0.25) is 0 Å². The zero-order valence-corrected chi connectivity index (χ0v) is 11.8. The number of alkyl halides is 1. The quantitative estimate of drug-likeness (QED) is 0.728. The normalized spacial score (nSPS) is 12.7. The van der Waals surface area contributed by atoms with E-state index in [9.17, 15) is 0 Å². The van der Waals surface area contributed by atoms with Gasteiger partial charge in [0.2, 0.25) is 0 Å². The summed E-state index contributed by atoms with van der Waals surface area (Å²) in [5, 5.41) is 3.33. The van der Waals surface area contributed by atoms with Crippen molar-refractivity contribution in [1.29, 1.82) is 0 Å². The van der Waals surface area contributed by atoms with Gasteiger partial charge in [0.1, 0.15) is 5.65 Å². The van der Waals surface area contributed by atoms with E-state index in [1.807, 2.05) is 65.3 Å². The van der Waals surface area contributed by atoms with Gasteiger partial charge in [-0.25, -0.2) is 4.98 Å². The van der Waals surface area contributed by atoms with Gasteiger partial charge < -0.3 is 9.72 Å². The topological polar surface area (TPSA) is 29.3 Å². The molecule has 1 unspecified atom stereocenters. The average molecular weight is 286 g/mol. The van der Waals surface area contributed by atoms with Gasteiger partial charge in [-0.05, 0) is 17.7 Å². The Hall–Kier alpha value is -1.84. The summed E-state index contributed by atoms with van der Waals surface area (Å²) in [6.07, 6.45) is 4.04. The Morgan fingerprint density at radius 3 is 2.70 bits per heavy atom. The molecule has 1 aromatic carbocycles. The van der Waals surface area contributed by atoms with Crippen molar-refractivity contribution in [3.8, 4) is 0 Å². The molecule has 102 valence electrons. The van der Waals surface area contributed by atoms with Gasteiger partial charge in [-0.15, -0.1) is 11.6 Å². The van der Waals surface area contributed by atoms with Crippen LogP contribution in [0.5, 0.6) is 0 Å². The fourth-order valence-corrected chi connectivity index (χ4v) is 2.43. The highest BCUT2D eigenvalue weighted by atomic mass is 35.5. The zero-order chi connectivity index (χ0) is 13.8. The first kappa shape index (κ1) is 13.2. The van der Waals surface area contributed by atoms with Crippen LogP contribution in [-0.2, 0) is 6.54 Å². The molecule has 0 aliphatic carbocycles. The molecule has 4 heteroatoms.